The van der Waals surface area contributed by atoms with E-state index in [0.29, 0.717) is 12.8 Å². The molecule has 0 aromatic rings. The Bertz CT molecular complexity index is 452. The first-order valence-corrected chi connectivity index (χ1v) is 16.1. The summed E-state index contributed by atoms with van der Waals surface area (Å²) in [6.07, 6.45) is 31.9. The Morgan fingerprint density at radius 2 is 0.784 bits per heavy atom. The molecule has 0 bridgehead atoms. The molecule has 0 unspecified atom stereocenters. The SMILES string of the molecule is CCCCCCCCCCCC(=O)O.CCCCCCCCCCCCCCCCCC(=O)OCCO. The number of aliphatic hydroxyl groups is 1. The molecule has 0 saturated heterocycles. The van der Waals surface area contributed by atoms with Crippen molar-refractivity contribution in [3.05, 3.63) is 0 Å². The Kier molecular flexibility index (Phi) is 35.9. The number of esters is 1. The number of rotatable bonds is 28. The van der Waals surface area contributed by atoms with Crippen molar-refractivity contribution in [1.29, 1.82) is 0 Å². The minimum Gasteiger partial charge on any atom is -0.481 e. The molecule has 5 heteroatoms. The Balaban J connectivity index is 0. The van der Waals surface area contributed by atoms with Gasteiger partial charge in [-0.15, -0.1) is 0 Å². The summed E-state index contributed by atoms with van der Waals surface area (Å²) in [5, 5.41) is 17.0. The number of carboxylic acid groups (broad SMARTS) is 1. The van der Waals surface area contributed by atoms with Crippen LogP contribution in [0.4, 0.5) is 0 Å². The van der Waals surface area contributed by atoms with Crippen LogP contribution in [0.2, 0.25) is 0 Å². The summed E-state index contributed by atoms with van der Waals surface area (Å²) >= 11 is 0. The summed E-state index contributed by atoms with van der Waals surface area (Å²) in [5.74, 6) is -0.832. The second-order valence-electron chi connectivity index (χ2n) is 10.6. The lowest BCUT2D eigenvalue weighted by molar-refractivity contribution is -0.144. The zero-order valence-electron chi connectivity index (χ0n) is 24.9. The second kappa shape index (κ2) is 34.9. The van der Waals surface area contributed by atoms with E-state index in [1.54, 1.807) is 0 Å². The van der Waals surface area contributed by atoms with Crippen LogP contribution in [0.5, 0.6) is 0 Å². The molecule has 0 aliphatic carbocycles. The predicted molar refractivity (Wildman–Crippen MR) is 157 cm³/mol. The van der Waals surface area contributed by atoms with Gasteiger partial charge in [-0.3, -0.25) is 9.59 Å². The van der Waals surface area contributed by atoms with Crippen LogP contribution in [0.1, 0.15) is 181 Å². The van der Waals surface area contributed by atoms with Gasteiger partial charge in [-0.25, -0.2) is 0 Å². The van der Waals surface area contributed by atoms with Crippen LogP contribution in [0.3, 0.4) is 0 Å². The third-order valence-electron chi connectivity index (χ3n) is 6.83. The molecule has 222 valence electrons. The number of carboxylic acids is 1. The molecule has 0 atom stereocenters. The maximum Gasteiger partial charge on any atom is 0.305 e. The molecule has 0 aliphatic heterocycles. The van der Waals surface area contributed by atoms with Gasteiger partial charge in [0.05, 0.1) is 6.61 Å². The number of ether oxygens (including phenoxy) is 1. The number of unbranched alkanes of at least 4 members (excludes halogenated alkanes) is 22. The number of hydrogen-bond acceptors (Lipinski definition) is 4. The van der Waals surface area contributed by atoms with Gasteiger partial charge < -0.3 is 14.9 Å². The van der Waals surface area contributed by atoms with Crippen LogP contribution in [-0.4, -0.2) is 35.4 Å². The lowest BCUT2D eigenvalue weighted by atomic mass is 10.0. The molecule has 0 aromatic carbocycles. The molecule has 5 nitrogen and oxygen atoms in total. The zero-order chi connectivity index (χ0) is 27.7. The summed E-state index contributed by atoms with van der Waals surface area (Å²) < 4.78 is 4.82. The Morgan fingerprint density at radius 1 is 0.486 bits per heavy atom. The molecule has 0 rings (SSSR count). The van der Waals surface area contributed by atoms with Gasteiger partial charge in [0.2, 0.25) is 0 Å². The standard InChI is InChI=1S/C20H40O3.C12H24O2/c1-2-3-4-5-6-7-8-9-10-11-12-13-14-15-16-17-20(22)23-19-18-21;1-2-3-4-5-6-7-8-9-10-11-12(13)14/h21H,2-19H2,1H3;2-11H2,1H3,(H,13,14). The quantitative estimate of drug-likeness (QED) is 0.0779. The molecule has 0 aromatic heterocycles. The fourth-order valence-corrected chi connectivity index (χ4v) is 4.46. The summed E-state index contributed by atoms with van der Waals surface area (Å²) in [4.78, 5) is 21.4. The van der Waals surface area contributed by atoms with Crippen molar-refractivity contribution in [3.8, 4) is 0 Å². The van der Waals surface area contributed by atoms with E-state index in [9.17, 15) is 9.59 Å². The third-order valence-corrected chi connectivity index (χ3v) is 6.83. The molecule has 2 N–H and O–H groups in total. The van der Waals surface area contributed by atoms with Gasteiger partial charge in [-0.1, -0.05) is 155 Å². The molecular weight excluding hydrogens is 464 g/mol. The van der Waals surface area contributed by atoms with Gasteiger partial charge in [-0.05, 0) is 12.8 Å². The average molecular weight is 529 g/mol. The first-order chi connectivity index (χ1) is 18.1. The summed E-state index contributed by atoms with van der Waals surface area (Å²) in [7, 11) is 0. The minimum absolute atomic E-state index is 0.0788. The number of carbonyl (C=O) groups is 2. The van der Waals surface area contributed by atoms with Crippen LogP contribution < -0.4 is 0 Å². The lowest BCUT2D eigenvalue weighted by Gasteiger charge is -2.04. The number of carbonyl (C=O) groups excluding carboxylic acids is 1. The Morgan fingerprint density at radius 3 is 1.08 bits per heavy atom. The van der Waals surface area contributed by atoms with E-state index < -0.39 is 5.97 Å². The van der Waals surface area contributed by atoms with E-state index in [2.05, 4.69) is 13.8 Å². The Labute approximate surface area is 230 Å². The van der Waals surface area contributed by atoms with Crippen LogP contribution in [0.15, 0.2) is 0 Å². The van der Waals surface area contributed by atoms with Crippen LogP contribution in [-0.2, 0) is 14.3 Å². The van der Waals surface area contributed by atoms with Crippen molar-refractivity contribution in [1.82, 2.24) is 0 Å². The van der Waals surface area contributed by atoms with E-state index in [1.807, 2.05) is 0 Å². The van der Waals surface area contributed by atoms with Crippen LogP contribution >= 0.6 is 0 Å². The first kappa shape index (κ1) is 38.0. The van der Waals surface area contributed by atoms with Crippen molar-refractivity contribution in [2.24, 2.45) is 0 Å². The maximum absolute atomic E-state index is 11.2. The van der Waals surface area contributed by atoms with E-state index in [1.165, 1.54) is 128 Å². The average Bonchev–Trinajstić information content (AvgIpc) is 2.89. The monoisotopic (exact) mass is 528 g/mol. The smallest absolute Gasteiger partial charge is 0.305 e. The highest BCUT2D eigenvalue weighted by Gasteiger charge is 2.01. The van der Waals surface area contributed by atoms with Crippen molar-refractivity contribution >= 4 is 11.9 Å². The minimum atomic E-state index is -0.659. The van der Waals surface area contributed by atoms with E-state index in [4.69, 9.17) is 14.9 Å². The number of aliphatic hydroxyl groups excluding tert-OH is 1. The number of hydrogen-bond donors (Lipinski definition) is 2. The molecule has 0 radical (unpaired) electrons. The Hall–Kier alpha value is -1.10. The highest BCUT2D eigenvalue weighted by molar-refractivity contribution is 5.69. The highest BCUT2D eigenvalue weighted by Crippen LogP contribution is 2.14. The van der Waals surface area contributed by atoms with Crippen LogP contribution in [0, 0.1) is 0 Å². The normalized spacial score (nSPS) is 10.7. The molecular formula is C32H64O5. The molecule has 0 heterocycles. The van der Waals surface area contributed by atoms with Gasteiger partial charge in [0.25, 0.3) is 0 Å². The summed E-state index contributed by atoms with van der Waals surface area (Å²) in [6.45, 7) is 4.56. The van der Waals surface area contributed by atoms with Gasteiger partial charge in [-0.2, -0.15) is 0 Å². The van der Waals surface area contributed by atoms with Gasteiger partial charge in [0, 0.05) is 12.8 Å². The fourth-order valence-electron chi connectivity index (χ4n) is 4.46. The first-order valence-electron chi connectivity index (χ1n) is 16.1. The molecule has 0 amide bonds. The predicted octanol–water partition coefficient (Wildman–Crippen LogP) is 9.78. The summed E-state index contributed by atoms with van der Waals surface area (Å²) in [5.41, 5.74) is 0. The van der Waals surface area contributed by atoms with E-state index in [-0.39, 0.29) is 19.2 Å². The molecule has 0 spiro atoms. The van der Waals surface area contributed by atoms with Crippen molar-refractivity contribution in [3.63, 3.8) is 0 Å². The second-order valence-corrected chi connectivity index (χ2v) is 10.6. The van der Waals surface area contributed by atoms with Crippen molar-refractivity contribution in [2.75, 3.05) is 13.2 Å². The molecule has 0 saturated carbocycles. The zero-order valence-corrected chi connectivity index (χ0v) is 24.9. The van der Waals surface area contributed by atoms with Gasteiger partial charge in [0.15, 0.2) is 0 Å². The topological polar surface area (TPSA) is 83.8 Å². The van der Waals surface area contributed by atoms with Crippen LogP contribution in [0.25, 0.3) is 0 Å². The van der Waals surface area contributed by atoms with Crippen molar-refractivity contribution in [2.45, 2.75) is 181 Å². The highest BCUT2D eigenvalue weighted by atomic mass is 16.5. The van der Waals surface area contributed by atoms with Crippen molar-refractivity contribution < 1.29 is 24.5 Å². The number of aliphatic carboxylic acids is 1. The molecule has 37 heavy (non-hydrogen) atoms. The van der Waals surface area contributed by atoms with Gasteiger partial charge in [0.1, 0.15) is 6.61 Å². The van der Waals surface area contributed by atoms with E-state index >= 15 is 0 Å². The fraction of sp³-hybridized carbons (Fsp3) is 0.938. The molecule has 0 fully saturated rings. The summed E-state index contributed by atoms with van der Waals surface area (Å²) in [6, 6.07) is 0. The maximum atomic E-state index is 11.2. The van der Waals surface area contributed by atoms with E-state index in [0.717, 1.165) is 25.7 Å². The molecule has 0 aliphatic rings. The largest absolute Gasteiger partial charge is 0.481 e. The lowest BCUT2D eigenvalue weighted by Crippen LogP contribution is -2.07. The van der Waals surface area contributed by atoms with Gasteiger partial charge >= 0.3 is 11.9 Å². The third kappa shape index (κ3) is 39.6.